The monoisotopic (exact) mass is 337 g/mol. The van der Waals surface area contributed by atoms with Crippen molar-refractivity contribution in [2.24, 2.45) is 0 Å². The highest BCUT2D eigenvalue weighted by Crippen LogP contribution is 2.34. The number of hydrogen-bond acceptors (Lipinski definition) is 5. The minimum absolute atomic E-state index is 0.0513. The molecule has 2 amide bonds. The molecular weight excluding hydrogens is 318 g/mol. The van der Waals surface area contributed by atoms with E-state index in [0.29, 0.717) is 25.2 Å². The molecule has 2 aliphatic rings. The van der Waals surface area contributed by atoms with Crippen molar-refractivity contribution in [1.29, 1.82) is 0 Å². The van der Waals surface area contributed by atoms with Crippen LogP contribution in [0.2, 0.25) is 0 Å². The van der Waals surface area contributed by atoms with Crippen molar-refractivity contribution in [1.82, 2.24) is 24.8 Å². The number of hydrogen-bond donors (Lipinski definition) is 0. The first-order chi connectivity index (χ1) is 12.1. The second kappa shape index (κ2) is 6.23. The smallest absolute Gasteiger partial charge is 0.274 e. The van der Waals surface area contributed by atoms with Gasteiger partial charge in [0.25, 0.3) is 5.91 Å². The Labute approximate surface area is 145 Å². The van der Waals surface area contributed by atoms with Gasteiger partial charge in [0.05, 0.1) is 30.5 Å². The predicted molar refractivity (Wildman–Crippen MR) is 89.4 cm³/mol. The molecule has 4 heterocycles. The second-order valence-electron chi connectivity index (χ2n) is 6.51. The molecule has 2 aromatic rings. The summed E-state index contributed by atoms with van der Waals surface area (Å²) in [7, 11) is 0. The third-order valence-corrected chi connectivity index (χ3v) is 4.94. The molecule has 2 fully saturated rings. The van der Waals surface area contributed by atoms with Crippen LogP contribution < -0.4 is 0 Å². The van der Waals surface area contributed by atoms with Crippen LogP contribution in [0.25, 0.3) is 0 Å². The van der Waals surface area contributed by atoms with Gasteiger partial charge in [0, 0.05) is 31.1 Å². The number of pyridine rings is 1. The lowest BCUT2D eigenvalue weighted by Gasteiger charge is -2.25. The molecule has 4 rings (SSSR count). The minimum atomic E-state index is -0.149. The highest BCUT2D eigenvalue weighted by atomic mass is 16.2. The quantitative estimate of drug-likeness (QED) is 0.841. The maximum atomic E-state index is 12.7. The van der Waals surface area contributed by atoms with E-state index in [2.05, 4.69) is 15.0 Å². The van der Waals surface area contributed by atoms with Gasteiger partial charge >= 0.3 is 0 Å². The number of likely N-dealkylation sites (tertiary alicyclic amines) is 2. The van der Waals surface area contributed by atoms with Crippen LogP contribution in [-0.4, -0.2) is 55.2 Å². The Morgan fingerprint density at radius 2 is 2.16 bits per heavy atom. The van der Waals surface area contributed by atoms with Gasteiger partial charge in [-0.3, -0.25) is 19.6 Å². The molecule has 0 aromatic carbocycles. The SMILES string of the molecule is Cc1cccc(CN2C(=O)C[C@H]3[C@H]2CCN3C(=O)c2cnccn2)n1. The van der Waals surface area contributed by atoms with Crippen molar-refractivity contribution in [2.45, 2.75) is 38.4 Å². The number of carbonyl (C=O) groups excluding carboxylic acids is 2. The molecule has 0 unspecified atom stereocenters. The van der Waals surface area contributed by atoms with Crippen LogP contribution in [0, 0.1) is 6.92 Å². The normalized spacial score (nSPS) is 22.4. The maximum Gasteiger partial charge on any atom is 0.274 e. The maximum absolute atomic E-state index is 12.7. The van der Waals surface area contributed by atoms with Crippen molar-refractivity contribution in [2.75, 3.05) is 6.54 Å². The number of amides is 2. The zero-order chi connectivity index (χ0) is 17.4. The molecule has 2 aliphatic heterocycles. The summed E-state index contributed by atoms with van der Waals surface area (Å²) in [6, 6.07) is 5.79. The average molecular weight is 337 g/mol. The highest BCUT2D eigenvalue weighted by molar-refractivity contribution is 5.93. The fourth-order valence-corrected chi connectivity index (χ4v) is 3.80. The summed E-state index contributed by atoms with van der Waals surface area (Å²) < 4.78 is 0. The molecule has 2 aromatic heterocycles. The van der Waals surface area contributed by atoms with Crippen LogP contribution >= 0.6 is 0 Å². The van der Waals surface area contributed by atoms with Crippen molar-refractivity contribution >= 4 is 11.8 Å². The summed E-state index contributed by atoms with van der Waals surface area (Å²) in [4.78, 5) is 41.4. The Hall–Kier alpha value is -2.83. The van der Waals surface area contributed by atoms with E-state index in [1.807, 2.05) is 30.0 Å². The number of fused-ring (bicyclic) bond motifs is 1. The lowest BCUT2D eigenvalue weighted by Crippen LogP contribution is -2.40. The molecule has 0 radical (unpaired) electrons. The van der Waals surface area contributed by atoms with E-state index in [1.54, 1.807) is 11.1 Å². The lowest BCUT2D eigenvalue weighted by atomic mass is 10.1. The summed E-state index contributed by atoms with van der Waals surface area (Å²) in [6.45, 7) is 3.07. The van der Waals surface area contributed by atoms with Crippen LogP contribution in [-0.2, 0) is 11.3 Å². The zero-order valence-corrected chi connectivity index (χ0v) is 14.0. The van der Waals surface area contributed by atoms with Crippen LogP contribution in [0.3, 0.4) is 0 Å². The first-order valence-electron chi connectivity index (χ1n) is 8.42. The average Bonchev–Trinajstić information content (AvgIpc) is 3.15. The van der Waals surface area contributed by atoms with Crippen molar-refractivity contribution < 1.29 is 9.59 Å². The van der Waals surface area contributed by atoms with Gasteiger partial charge in [-0.2, -0.15) is 0 Å². The van der Waals surface area contributed by atoms with Crippen molar-refractivity contribution in [3.05, 3.63) is 53.9 Å². The standard InChI is InChI=1S/C18H19N5O2/c1-12-3-2-4-13(21-12)11-23-15-5-8-22(16(15)9-17(23)24)18(25)14-10-19-6-7-20-14/h2-4,6-7,10,15-16H,5,8-9,11H2,1H3/t15-,16+/m1/s1. The van der Waals surface area contributed by atoms with E-state index in [0.717, 1.165) is 17.8 Å². The van der Waals surface area contributed by atoms with Gasteiger partial charge in [0.1, 0.15) is 5.69 Å². The Kier molecular flexibility index (Phi) is 3.91. The Morgan fingerprint density at radius 3 is 2.92 bits per heavy atom. The predicted octanol–water partition coefficient (Wildman–Crippen LogP) is 1.20. The van der Waals surface area contributed by atoms with E-state index in [4.69, 9.17) is 0 Å². The third kappa shape index (κ3) is 2.86. The van der Waals surface area contributed by atoms with Crippen molar-refractivity contribution in [3.63, 3.8) is 0 Å². The van der Waals surface area contributed by atoms with E-state index >= 15 is 0 Å². The largest absolute Gasteiger partial charge is 0.332 e. The molecule has 128 valence electrons. The summed E-state index contributed by atoms with van der Waals surface area (Å²) in [6.07, 6.45) is 5.67. The first-order valence-corrected chi connectivity index (χ1v) is 8.42. The van der Waals surface area contributed by atoms with Gasteiger partial charge in [-0.15, -0.1) is 0 Å². The zero-order valence-electron chi connectivity index (χ0n) is 14.0. The topological polar surface area (TPSA) is 79.3 Å². The van der Waals surface area contributed by atoms with Crippen LogP contribution in [0.15, 0.2) is 36.8 Å². The van der Waals surface area contributed by atoms with Gasteiger partial charge in [0.15, 0.2) is 0 Å². The molecule has 2 atom stereocenters. The van der Waals surface area contributed by atoms with E-state index in [1.165, 1.54) is 12.4 Å². The van der Waals surface area contributed by atoms with Crippen molar-refractivity contribution in [3.8, 4) is 0 Å². The fourth-order valence-electron chi connectivity index (χ4n) is 3.80. The molecule has 0 N–H and O–H groups in total. The van der Waals surface area contributed by atoms with Gasteiger partial charge < -0.3 is 9.80 Å². The molecule has 0 spiro atoms. The minimum Gasteiger partial charge on any atom is -0.332 e. The van der Waals surface area contributed by atoms with Gasteiger partial charge in [-0.05, 0) is 25.5 Å². The Bertz CT molecular complexity index is 810. The highest BCUT2D eigenvalue weighted by Gasteiger charge is 2.48. The van der Waals surface area contributed by atoms with Gasteiger partial charge in [0.2, 0.25) is 5.91 Å². The van der Waals surface area contributed by atoms with E-state index in [9.17, 15) is 9.59 Å². The van der Waals surface area contributed by atoms with E-state index in [-0.39, 0.29) is 23.9 Å². The van der Waals surface area contributed by atoms with Gasteiger partial charge in [-0.1, -0.05) is 6.07 Å². The third-order valence-electron chi connectivity index (χ3n) is 4.94. The molecule has 0 saturated carbocycles. The summed E-state index contributed by atoms with van der Waals surface area (Å²) >= 11 is 0. The molecule has 25 heavy (non-hydrogen) atoms. The van der Waals surface area contributed by atoms with Crippen LogP contribution in [0.5, 0.6) is 0 Å². The molecule has 2 saturated heterocycles. The number of carbonyl (C=O) groups is 2. The molecular formula is C18H19N5O2. The Balaban J connectivity index is 1.52. The first kappa shape index (κ1) is 15.7. The fraction of sp³-hybridized carbons (Fsp3) is 0.389. The molecule has 7 heteroatoms. The number of aromatic nitrogens is 3. The molecule has 0 bridgehead atoms. The van der Waals surface area contributed by atoms with E-state index < -0.39 is 0 Å². The summed E-state index contributed by atoms with van der Waals surface area (Å²) in [5, 5.41) is 0. The Morgan fingerprint density at radius 1 is 1.28 bits per heavy atom. The lowest BCUT2D eigenvalue weighted by molar-refractivity contribution is -0.129. The number of rotatable bonds is 3. The summed E-state index contributed by atoms with van der Waals surface area (Å²) in [5.41, 5.74) is 2.15. The molecule has 7 nitrogen and oxygen atoms in total. The van der Waals surface area contributed by atoms with Crippen LogP contribution in [0.4, 0.5) is 0 Å². The molecule has 0 aliphatic carbocycles. The van der Waals surface area contributed by atoms with Gasteiger partial charge in [-0.25, -0.2) is 4.98 Å². The summed E-state index contributed by atoms with van der Waals surface area (Å²) in [5.74, 6) is -0.0705. The van der Waals surface area contributed by atoms with Crippen LogP contribution in [0.1, 0.15) is 34.7 Å². The second-order valence-corrected chi connectivity index (χ2v) is 6.51. The number of aryl methyl sites for hydroxylation is 1. The number of nitrogens with zero attached hydrogens (tertiary/aromatic N) is 5.